The number of furan rings is 1. The fourth-order valence-electron chi connectivity index (χ4n) is 5.64. The first-order valence-electron chi connectivity index (χ1n) is 10.7. The number of aryl methyl sites for hydroxylation is 1. The van der Waals surface area contributed by atoms with Crippen LogP contribution in [-0.2, 0) is 16.1 Å². The van der Waals surface area contributed by atoms with Gasteiger partial charge in [-0.1, -0.05) is 0 Å². The summed E-state index contributed by atoms with van der Waals surface area (Å²) in [6, 6.07) is 3.05. The van der Waals surface area contributed by atoms with Gasteiger partial charge in [0.2, 0.25) is 11.8 Å². The van der Waals surface area contributed by atoms with Crippen LogP contribution in [0.2, 0.25) is 0 Å². The molecule has 5 rings (SSSR count). The van der Waals surface area contributed by atoms with Gasteiger partial charge in [-0.05, 0) is 38.3 Å². The van der Waals surface area contributed by atoms with E-state index in [2.05, 4.69) is 4.90 Å². The lowest BCUT2D eigenvalue weighted by Crippen LogP contribution is -2.82. The van der Waals surface area contributed by atoms with Crippen molar-refractivity contribution in [2.75, 3.05) is 19.6 Å². The Balaban J connectivity index is 1.37. The van der Waals surface area contributed by atoms with Crippen molar-refractivity contribution >= 4 is 11.8 Å². The Morgan fingerprint density at radius 1 is 1.20 bits per heavy atom. The number of piperazine rings is 1. The lowest BCUT2D eigenvalue weighted by molar-refractivity contribution is -0.185. The average molecular weight is 423 g/mol. The SMILES string of the molecule is Cc1ccc(CN2C(=O)C3CC(O)CN3C3(CN(C4CCC(F)(F)CC4)C3)C2=O)o1. The van der Waals surface area contributed by atoms with Crippen LogP contribution in [0.5, 0.6) is 0 Å². The van der Waals surface area contributed by atoms with Crippen LogP contribution in [-0.4, -0.2) is 80.9 Å². The molecule has 1 saturated carbocycles. The van der Waals surface area contributed by atoms with Gasteiger partial charge in [0, 0.05) is 38.5 Å². The Morgan fingerprint density at radius 2 is 1.90 bits per heavy atom. The quantitative estimate of drug-likeness (QED) is 0.743. The van der Waals surface area contributed by atoms with Gasteiger partial charge in [-0.2, -0.15) is 0 Å². The Hall–Kier alpha value is -1.84. The zero-order valence-corrected chi connectivity index (χ0v) is 17.0. The summed E-state index contributed by atoms with van der Waals surface area (Å²) < 4.78 is 32.6. The number of imide groups is 1. The van der Waals surface area contributed by atoms with Gasteiger partial charge < -0.3 is 9.52 Å². The summed E-state index contributed by atoms with van der Waals surface area (Å²) in [6.45, 7) is 2.98. The molecule has 3 aliphatic heterocycles. The van der Waals surface area contributed by atoms with Crippen molar-refractivity contribution in [3.05, 3.63) is 23.7 Å². The molecule has 1 aromatic rings. The molecule has 2 atom stereocenters. The van der Waals surface area contributed by atoms with Crippen LogP contribution in [0.3, 0.4) is 0 Å². The number of β-amino-alcohol motifs (C(OH)–C–C–N with tert-alkyl or cyclic N) is 1. The van der Waals surface area contributed by atoms with E-state index in [9.17, 15) is 23.5 Å². The molecule has 1 spiro atoms. The normalized spacial score (nSPS) is 31.9. The van der Waals surface area contributed by atoms with Gasteiger partial charge in [-0.3, -0.25) is 24.3 Å². The van der Waals surface area contributed by atoms with Gasteiger partial charge in [0.15, 0.2) is 0 Å². The first-order chi connectivity index (χ1) is 14.2. The minimum atomic E-state index is -2.59. The summed E-state index contributed by atoms with van der Waals surface area (Å²) in [7, 11) is 0. The number of aliphatic hydroxyl groups excluding tert-OH is 1. The molecule has 0 bridgehead atoms. The van der Waals surface area contributed by atoms with E-state index in [-0.39, 0.29) is 43.8 Å². The summed E-state index contributed by atoms with van der Waals surface area (Å²) in [5, 5.41) is 10.2. The predicted molar refractivity (Wildman–Crippen MR) is 102 cm³/mol. The fraction of sp³-hybridized carbons (Fsp3) is 0.714. The maximum Gasteiger partial charge on any atom is 0.252 e. The molecule has 0 aromatic carbocycles. The summed E-state index contributed by atoms with van der Waals surface area (Å²) >= 11 is 0. The topological polar surface area (TPSA) is 77.2 Å². The van der Waals surface area contributed by atoms with Gasteiger partial charge >= 0.3 is 0 Å². The lowest BCUT2D eigenvalue weighted by atomic mass is 9.79. The minimum Gasteiger partial charge on any atom is -0.464 e. The van der Waals surface area contributed by atoms with Crippen molar-refractivity contribution < 1.29 is 27.9 Å². The zero-order valence-electron chi connectivity index (χ0n) is 17.0. The van der Waals surface area contributed by atoms with E-state index >= 15 is 0 Å². The largest absolute Gasteiger partial charge is 0.464 e. The number of aliphatic hydroxyl groups is 1. The average Bonchev–Trinajstić information content (AvgIpc) is 3.24. The molecule has 7 nitrogen and oxygen atoms in total. The van der Waals surface area contributed by atoms with Gasteiger partial charge in [0.1, 0.15) is 17.1 Å². The highest BCUT2D eigenvalue weighted by atomic mass is 19.3. The van der Waals surface area contributed by atoms with Crippen LogP contribution in [0.4, 0.5) is 8.78 Å². The number of fused-ring (bicyclic) bond motifs is 2. The smallest absolute Gasteiger partial charge is 0.252 e. The van der Waals surface area contributed by atoms with E-state index in [0.717, 1.165) is 0 Å². The third-order valence-corrected chi connectivity index (χ3v) is 7.27. The van der Waals surface area contributed by atoms with Crippen LogP contribution in [0, 0.1) is 6.92 Å². The number of likely N-dealkylation sites (tertiary alicyclic amines) is 1. The molecule has 3 saturated heterocycles. The van der Waals surface area contributed by atoms with Crippen molar-refractivity contribution in [1.82, 2.24) is 14.7 Å². The van der Waals surface area contributed by atoms with Crippen molar-refractivity contribution in [1.29, 1.82) is 0 Å². The van der Waals surface area contributed by atoms with Gasteiger partial charge in [0.05, 0.1) is 18.7 Å². The molecule has 1 aromatic heterocycles. The molecule has 9 heteroatoms. The summed E-state index contributed by atoms with van der Waals surface area (Å²) in [6.07, 6.45) is 0.231. The number of hydrogen-bond acceptors (Lipinski definition) is 6. The Labute approximate surface area is 173 Å². The van der Waals surface area contributed by atoms with E-state index in [1.54, 1.807) is 19.1 Å². The van der Waals surface area contributed by atoms with Gasteiger partial charge in [-0.25, -0.2) is 8.78 Å². The Morgan fingerprint density at radius 3 is 2.53 bits per heavy atom. The molecule has 30 heavy (non-hydrogen) atoms. The summed E-state index contributed by atoms with van der Waals surface area (Å²) in [5.41, 5.74) is -0.877. The van der Waals surface area contributed by atoms with E-state index in [1.165, 1.54) is 4.90 Å². The molecule has 2 amide bonds. The van der Waals surface area contributed by atoms with E-state index in [0.29, 0.717) is 43.9 Å². The van der Waals surface area contributed by atoms with E-state index in [4.69, 9.17) is 4.42 Å². The highest BCUT2D eigenvalue weighted by Gasteiger charge is 2.65. The highest BCUT2D eigenvalue weighted by Crippen LogP contribution is 2.44. The third-order valence-electron chi connectivity index (χ3n) is 7.27. The number of nitrogens with zero attached hydrogens (tertiary/aromatic N) is 3. The number of carbonyl (C=O) groups is 2. The first kappa shape index (κ1) is 20.1. The van der Waals surface area contributed by atoms with E-state index in [1.807, 2.05) is 4.90 Å². The highest BCUT2D eigenvalue weighted by molar-refractivity contribution is 6.06. The standard InChI is InChI=1S/C21H27F2N3O4/c1-13-2-3-16(30-13)10-25-18(28)17-8-15(27)9-26(17)20(19(25)29)11-24(12-20)14-4-6-21(22,23)7-5-14/h2-3,14-15,17,27H,4-12H2,1H3. The summed E-state index contributed by atoms with van der Waals surface area (Å²) in [4.78, 5) is 31.8. The van der Waals surface area contributed by atoms with Crippen LogP contribution in [0.25, 0.3) is 0 Å². The minimum absolute atomic E-state index is 0.0350. The third kappa shape index (κ3) is 3.09. The zero-order chi connectivity index (χ0) is 21.3. The second-order valence-corrected chi connectivity index (χ2v) is 9.32. The van der Waals surface area contributed by atoms with Gasteiger partial charge in [-0.15, -0.1) is 0 Å². The maximum absolute atomic E-state index is 13.5. The van der Waals surface area contributed by atoms with Crippen LogP contribution >= 0.6 is 0 Å². The lowest BCUT2D eigenvalue weighted by Gasteiger charge is -2.60. The van der Waals surface area contributed by atoms with Crippen molar-refractivity contribution in [3.8, 4) is 0 Å². The molecule has 4 aliphatic rings. The Bertz CT molecular complexity index is 856. The first-order valence-corrected chi connectivity index (χ1v) is 10.7. The van der Waals surface area contributed by atoms with Crippen LogP contribution in [0.15, 0.2) is 16.5 Å². The van der Waals surface area contributed by atoms with Crippen molar-refractivity contribution in [3.63, 3.8) is 0 Å². The number of carbonyl (C=O) groups excluding carboxylic acids is 2. The molecular formula is C21H27F2N3O4. The molecule has 1 N–H and O–H groups in total. The molecule has 0 radical (unpaired) electrons. The van der Waals surface area contributed by atoms with Gasteiger partial charge in [0.25, 0.3) is 5.91 Å². The number of hydrogen-bond donors (Lipinski definition) is 1. The number of rotatable bonds is 3. The van der Waals surface area contributed by atoms with Crippen LogP contribution in [0.1, 0.15) is 43.6 Å². The molecule has 4 fully saturated rings. The van der Waals surface area contributed by atoms with Crippen LogP contribution < -0.4 is 0 Å². The molecule has 2 unspecified atom stereocenters. The van der Waals surface area contributed by atoms with E-state index < -0.39 is 23.6 Å². The fourth-order valence-corrected chi connectivity index (χ4v) is 5.64. The van der Waals surface area contributed by atoms with Crippen molar-refractivity contribution in [2.24, 2.45) is 0 Å². The monoisotopic (exact) mass is 423 g/mol. The second-order valence-electron chi connectivity index (χ2n) is 9.32. The summed E-state index contributed by atoms with van der Waals surface area (Å²) in [5.74, 6) is -1.91. The number of halogens is 2. The molecule has 1 aliphatic carbocycles. The second kappa shape index (κ2) is 6.83. The molecule has 164 valence electrons. The molecule has 4 heterocycles. The maximum atomic E-state index is 13.5. The number of amides is 2. The molecular weight excluding hydrogens is 396 g/mol. The predicted octanol–water partition coefficient (Wildman–Crippen LogP) is 1.52. The number of alkyl halides is 2. The van der Waals surface area contributed by atoms with Crippen molar-refractivity contribution in [2.45, 2.75) is 75.2 Å². The Kier molecular flexibility index (Phi) is 4.57.